The predicted octanol–water partition coefficient (Wildman–Crippen LogP) is 4.26. The Morgan fingerprint density at radius 3 is 2.28 bits per heavy atom. The van der Waals surface area contributed by atoms with E-state index in [1.807, 2.05) is 0 Å². The summed E-state index contributed by atoms with van der Waals surface area (Å²) in [5.74, 6) is 2.11. The lowest BCUT2D eigenvalue weighted by atomic mass is 9.81. The minimum Gasteiger partial charge on any atom is -0.501 e. The minimum absolute atomic E-state index is 0.268. The third-order valence-corrected chi connectivity index (χ3v) is 3.51. The third-order valence-electron chi connectivity index (χ3n) is 3.51. The van der Waals surface area contributed by atoms with E-state index in [9.17, 15) is 0 Å². The van der Waals surface area contributed by atoms with Gasteiger partial charge in [0.05, 0.1) is 25.4 Å². The van der Waals surface area contributed by atoms with E-state index in [-0.39, 0.29) is 5.41 Å². The third kappa shape index (κ3) is 2.69. The van der Waals surface area contributed by atoms with E-state index in [0.717, 1.165) is 17.1 Å². The smallest absolute Gasteiger partial charge is 0.123 e. The van der Waals surface area contributed by atoms with Crippen molar-refractivity contribution in [2.75, 3.05) is 14.2 Å². The Balaban J connectivity index is 3.29. The van der Waals surface area contributed by atoms with Crippen LogP contribution in [0, 0.1) is 0 Å². The molecular weight excluding hydrogens is 224 g/mol. The summed E-state index contributed by atoms with van der Waals surface area (Å²) in [6.07, 6.45) is 0. The van der Waals surface area contributed by atoms with Crippen LogP contribution in [-0.2, 0) is 10.2 Å². The molecule has 0 fully saturated rings. The van der Waals surface area contributed by atoms with Crippen molar-refractivity contribution < 1.29 is 9.47 Å². The maximum atomic E-state index is 5.52. The summed E-state index contributed by atoms with van der Waals surface area (Å²) in [4.78, 5) is 0. The summed E-state index contributed by atoms with van der Waals surface area (Å²) in [6.45, 7) is 12.5. The SMILES string of the molecule is C=C(OC)C(C)(C)c1ccc(C(C)C)cc1OC. The Hall–Kier alpha value is -1.44. The molecule has 0 saturated heterocycles. The first-order chi connectivity index (χ1) is 8.34. The van der Waals surface area contributed by atoms with Crippen molar-refractivity contribution in [2.24, 2.45) is 0 Å². The van der Waals surface area contributed by atoms with Crippen LogP contribution in [0.3, 0.4) is 0 Å². The molecule has 0 radical (unpaired) electrons. The van der Waals surface area contributed by atoms with Gasteiger partial charge < -0.3 is 9.47 Å². The molecule has 0 spiro atoms. The summed E-state index contributed by atoms with van der Waals surface area (Å²) in [5.41, 5.74) is 2.10. The van der Waals surface area contributed by atoms with E-state index in [4.69, 9.17) is 9.47 Å². The highest BCUT2D eigenvalue weighted by Gasteiger charge is 2.29. The molecule has 2 nitrogen and oxygen atoms in total. The van der Waals surface area contributed by atoms with Gasteiger partial charge in [-0.15, -0.1) is 0 Å². The molecule has 0 saturated carbocycles. The van der Waals surface area contributed by atoms with Gasteiger partial charge in [-0.05, 0) is 31.4 Å². The first kappa shape index (κ1) is 14.6. The molecule has 1 rings (SSSR count). The van der Waals surface area contributed by atoms with Crippen molar-refractivity contribution in [3.8, 4) is 5.75 Å². The molecule has 0 aliphatic rings. The quantitative estimate of drug-likeness (QED) is 0.725. The van der Waals surface area contributed by atoms with Gasteiger partial charge in [0.1, 0.15) is 5.75 Å². The summed E-state index contributed by atoms with van der Waals surface area (Å²) >= 11 is 0. The van der Waals surface area contributed by atoms with Crippen molar-refractivity contribution >= 4 is 0 Å². The molecule has 0 aromatic heterocycles. The van der Waals surface area contributed by atoms with Crippen LogP contribution in [0.5, 0.6) is 5.75 Å². The van der Waals surface area contributed by atoms with Gasteiger partial charge in [-0.1, -0.05) is 32.6 Å². The van der Waals surface area contributed by atoms with Crippen LogP contribution in [0.15, 0.2) is 30.5 Å². The maximum absolute atomic E-state index is 5.52. The van der Waals surface area contributed by atoms with Gasteiger partial charge in [0.15, 0.2) is 0 Å². The molecule has 100 valence electrons. The number of hydrogen-bond acceptors (Lipinski definition) is 2. The molecule has 0 atom stereocenters. The average molecular weight is 248 g/mol. The number of benzene rings is 1. The lowest BCUT2D eigenvalue weighted by Gasteiger charge is -2.28. The normalized spacial score (nSPS) is 11.5. The predicted molar refractivity (Wildman–Crippen MR) is 76.3 cm³/mol. The fraction of sp³-hybridized carbons (Fsp3) is 0.500. The summed E-state index contributed by atoms with van der Waals surface area (Å²) in [7, 11) is 3.35. The zero-order valence-corrected chi connectivity index (χ0v) is 12.3. The van der Waals surface area contributed by atoms with E-state index < -0.39 is 0 Å². The lowest BCUT2D eigenvalue weighted by Crippen LogP contribution is -2.22. The zero-order valence-electron chi connectivity index (χ0n) is 12.3. The second-order valence-electron chi connectivity index (χ2n) is 5.37. The number of allylic oxidation sites excluding steroid dienone is 1. The van der Waals surface area contributed by atoms with Gasteiger partial charge in [-0.2, -0.15) is 0 Å². The summed E-state index contributed by atoms with van der Waals surface area (Å²) in [6, 6.07) is 6.36. The molecule has 0 aliphatic heterocycles. The molecule has 18 heavy (non-hydrogen) atoms. The number of ether oxygens (including phenoxy) is 2. The first-order valence-electron chi connectivity index (χ1n) is 6.26. The molecule has 0 unspecified atom stereocenters. The van der Waals surface area contributed by atoms with Crippen LogP contribution >= 0.6 is 0 Å². The van der Waals surface area contributed by atoms with Gasteiger partial charge in [-0.3, -0.25) is 0 Å². The van der Waals surface area contributed by atoms with Gasteiger partial charge in [-0.25, -0.2) is 0 Å². The minimum atomic E-state index is -0.268. The van der Waals surface area contributed by atoms with Crippen LogP contribution in [0.25, 0.3) is 0 Å². The van der Waals surface area contributed by atoms with Gasteiger partial charge in [0, 0.05) is 5.56 Å². The second kappa shape index (κ2) is 5.47. The van der Waals surface area contributed by atoms with Crippen molar-refractivity contribution in [2.45, 2.75) is 39.0 Å². The van der Waals surface area contributed by atoms with Crippen LogP contribution in [0.2, 0.25) is 0 Å². The molecule has 0 amide bonds. The van der Waals surface area contributed by atoms with E-state index >= 15 is 0 Å². The van der Waals surface area contributed by atoms with E-state index in [0.29, 0.717) is 5.92 Å². The Morgan fingerprint density at radius 1 is 1.22 bits per heavy atom. The first-order valence-corrected chi connectivity index (χ1v) is 6.26. The second-order valence-corrected chi connectivity index (χ2v) is 5.37. The van der Waals surface area contributed by atoms with Crippen molar-refractivity contribution in [3.63, 3.8) is 0 Å². The summed E-state index contributed by atoms with van der Waals surface area (Å²) in [5, 5.41) is 0. The Bertz CT molecular complexity index is 431. The maximum Gasteiger partial charge on any atom is 0.123 e. The van der Waals surface area contributed by atoms with Gasteiger partial charge >= 0.3 is 0 Å². The molecule has 1 aromatic carbocycles. The number of rotatable bonds is 5. The number of hydrogen-bond donors (Lipinski definition) is 0. The van der Waals surface area contributed by atoms with Crippen LogP contribution < -0.4 is 4.74 Å². The highest BCUT2D eigenvalue weighted by atomic mass is 16.5. The molecule has 0 bridgehead atoms. The monoisotopic (exact) mass is 248 g/mol. The lowest BCUT2D eigenvalue weighted by molar-refractivity contribution is 0.234. The molecule has 0 heterocycles. The fourth-order valence-corrected chi connectivity index (χ4v) is 1.99. The van der Waals surface area contributed by atoms with Crippen molar-refractivity contribution in [1.29, 1.82) is 0 Å². The highest BCUT2D eigenvalue weighted by molar-refractivity contribution is 5.45. The topological polar surface area (TPSA) is 18.5 Å². The van der Waals surface area contributed by atoms with E-state index in [1.165, 1.54) is 5.56 Å². The summed E-state index contributed by atoms with van der Waals surface area (Å²) < 4.78 is 10.8. The van der Waals surface area contributed by atoms with Gasteiger partial charge in [0.25, 0.3) is 0 Å². The van der Waals surface area contributed by atoms with Crippen LogP contribution in [-0.4, -0.2) is 14.2 Å². The fourth-order valence-electron chi connectivity index (χ4n) is 1.99. The van der Waals surface area contributed by atoms with Crippen molar-refractivity contribution in [3.05, 3.63) is 41.7 Å². The Labute approximate surface area is 111 Å². The molecule has 1 aromatic rings. The zero-order chi connectivity index (χ0) is 13.9. The largest absolute Gasteiger partial charge is 0.501 e. The molecule has 0 aliphatic carbocycles. The Kier molecular flexibility index (Phi) is 4.44. The standard InChI is InChI=1S/C16H24O2/c1-11(2)13-8-9-14(15(10-13)18-7)16(4,5)12(3)17-6/h8-11H,3H2,1-2,4-7H3. The van der Waals surface area contributed by atoms with Crippen molar-refractivity contribution in [1.82, 2.24) is 0 Å². The molecule has 0 N–H and O–H groups in total. The van der Waals surface area contributed by atoms with E-state index in [2.05, 4.69) is 52.5 Å². The number of methoxy groups -OCH3 is 2. The van der Waals surface area contributed by atoms with Gasteiger partial charge in [0.2, 0.25) is 0 Å². The molecular formula is C16H24O2. The van der Waals surface area contributed by atoms with Crippen LogP contribution in [0.1, 0.15) is 44.7 Å². The van der Waals surface area contributed by atoms with Crippen LogP contribution in [0.4, 0.5) is 0 Å². The highest BCUT2D eigenvalue weighted by Crippen LogP contribution is 2.38. The van der Waals surface area contributed by atoms with E-state index in [1.54, 1.807) is 14.2 Å². The molecule has 2 heteroatoms. The Morgan fingerprint density at radius 2 is 1.83 bits per heavy atom. The average Bonchev–Trinajstić information content (AvgIpc) is 2.36.